The Hall–Kier alpha value is -1.31. The minimum Gasteiger partial charge on any atom is -0.383 e. The molecule has 0 bridgehead atoms. The van der Waals surface area contributed by atoms with Crippen molar-refractivity contribution in [3.05, 3.63) is 27.1 Å². The Labute approximate surface area is 115 Å². The van der Waals surface area contributed by atoms with Gasteiger partial charge in [-0.05, 0) is 20.9 Å². The first kappa shape index (κ1) is 14.1. The molecule has 1 unspecified atom stereocenters. The van der Waals surface area contributed by atoms with Crippen molar-refractivity contribution in [1.29, 1.82) is 0 Å². The molecule has 7 heteroatoms. The largest absolute Gasteiger partial charge is 0.383 e. The molecular formula is C12H18N4O2S. The quantitative estimate of drug-likeness (QED) is 0.816. The molecule has 0 aliphatic heterocycles. The van der Waals surface area contributed by atoms with E-state index >= 15 is 0 Å². The zero-order chi connectivity index (χ0) is 14.0. The van der Waals surface area contributed by atoms with Gasteiger partial charge in [0.25, 0.3) is 5.56 Å². The lowest BCUT2D eigenvalue weighted by Crippen LogP contribution is -2.33. The molecule has 2 aromatic rings. The Balaban J connectivity index is 2.23. The third-order valence-electron chi connectivity index (χ3n) is 2.97. The lowest BCUT2D eigenvalue weighted by molar-refractivity contribution is 0.111. The molecule has 19 heavy (non-hydrogen) atoms. The third kappa shape index (κ3) is 3.17. The second-order valence-electron chi connectivity index (χ2n) is 4.62. The highest BCUT2D eigenvalue weighted by Crippen LogP contribution is 2.11. The van der Waals surface area contributed by atoms with Gasteiger partial charge >= 0.3 is 0 Å². The van der Waals surface area contributed by atoms with Crippen molar-refractivity contribution in [1.82, 2.24) is 19.5 Å². The number of hydrogen-bond donors (Lipinski definition) is 0. The van der Waals surface area contributed by atoms with Crippen molar-refractivity contribution in [2.75, 3.05) is 20.8 Å². The number of aryl methyl sites for hydroxylation is 1. The topological polar surface area (TPSA) is 59.7 Å². The fourth-order valence-electron chi connectivity index (χ4n) is 1.81. The van der Waals surface area contributed by atoms with Crippen LogP contribution in [0.3, 0.4) is 0 Å². The molecule has 0 saturated carbocycles. The first-order chi connectivity index (χ1) is 9.01. The van der Waals surface area contributed by atoms with Crippen molar-refractivity contribution in [3.8, 4) is 0 Å². The van der Waals surface area contributed by atoms with Gasteiger partial charge in [0.2, 0.25) is 4.96 Å². The fraction of sp³-hybridized carbons (Fsp3) is 0.583. The zero-order valence-corrected chi connectivity index (χ0v) is 12.4. The number of rotatable bonds is 5. The maximum atomic E-state index is 11.9. The van der Waals surface area contributed by atoms with Crippen LogP contribution in [0.25, 0.3) is 4.96 Å². The Bertz CT molecular complexity index is 622. The summed E-state index contributed by atoms with van der Waals surface area (Å²) in [6.07, 6.45) is 0. The second-order valence-corrected chi connectivity index (χ2v) is 5.78. The summed E-state index contributed by atoms with van der Waals surface area (Å²) in [5.74, 6) is 0. The second kappa shape index (κ2) is 5.77. The number of ether oxygens (including phenoxy) is 1. The number of methoxy groups -OCH3 is 1. The first-order valence-electron chi connectivity index (χ1n) is 6.07. The fourth-order valence-corrected chi connectivity index (χ4v) is 2.58. The number of nitrogens with zero attached hydrogens (tertiary/aromatic N) is 4. The third-order valence-corrected chi connectivity index (χ3v) is 3.79. The highest BCUT2D eigenvalue weighted by atomic mass is 32.1. The molecule has 0 aliphatic carbocycles. The van der Waals surface area contributed by atoms with Crippen LogP contribution in [0.2, 0.25) is 0 Å². The van der Waals surface area contributed by atoms with Gasteiger partial charge in [0.15, 0.2) is 0 Å². The molecule has 0 aliphatic rings. The van der Waals surface area contributed by atoms with E-state index in [1.165, 1.54) is 15.9 Å². The van der Waals surface area contributed by atoms with Gasteiger partial charge < -0.3 is 4.74 Å². The van der Waals surface area contributed by atoms with E-state index in [4.69, 9.17) is 4.74 Å². The maximum absolute atomic E-state index is 11.9. The lowest BCUT2D eigenvalue weighted by atomic mass is 10.3. The summed E-state index contributed by atoms with van der Waals surface area (Å²) >= 11 is 1.42. The van der Waals surface area contributed by atoms with Crippen LogP contribution in [0, 0.1) is 6.92 Å². The lowest BCUT2D eigenvalue weighted by Gasteiger charge is -2.23. The van der Waals surface area contributed by atoms with Crippen molar-refractivity contribution in [2.24, 2.45) is 0 Å². The van der Waals surface area contributed by atoms with Crippen LogP contribution in [0.1, 0.15) is 17.6 Å². The molecule has 6 nitrogen and oxygen atoms in total. The van der Waals surface area contributed by atoms with E-state index in [1.54, 1.807) is 13.2 Å². The van der Waals surface area contributed by atoms with Crippen LogP contribution < -0.4 is 5.56 Å². The SMILES string of the molecule is COCC(C)N(C)Cc1cc(=O)n2nc(C)sc2n1. The Kier molecular flexibility index (Phi) is 4.28. The molecule has 0 amide bonds. The number of likely N-dealkylation sites (N-methyl/N-ethyl adjacent to an activating group) is 1. The van der Waals surface area contributed by atoms with E-state index in [9.17, 15) is 4.79 Å². The van der Waals surface area contributed by atoms with E-state index < -0.39 is 0 Å². The molecule has 0 spiro atoms. The molecular weight excluding hydrogens is 264 g/mol. The molecule has 0 aromatic carbocycles. The van der Waals surface area contributed by atoms with Gasteiger partial charge in [0.1, 0.15) is 5.01 Å². The standard InChI is InChI=1S/C12H18N4O2S/c1-8(7-18-4)15(3)6-10-5-11(17)16-12(13-10)19-9(2)14-16/h5,8H,6-7H2,1-4H3. The van der Waals surface area contributed by atoms with Gasteiger partial charge in [0, 0.05) is 25.8 Å². The van der Waals surface area contributed by atoms with Crippen molar-refractivity contribution in [2.45, 2.75) is 26.4 Å². The summed E-state index contributed by atoms with van der Waals surface area (Å²) in [5, 5.41) is 4.96. The first-order valence-corrected chi connectivity index (χ1v) is 6.88. The molecule has 2 aromatic heterocycles. The van der Waals surface area contributed by atoms with Gasteiger partial charge in [0.05, 0.1) is 12.3 Å². The molecule has 0 saturated heterocycles. The predicted molar refractivity (Wildman–Crippen MR) is 74.7 cm³/mol. The number of hydrogen-bond acceptors (Lipinski definition) is 6. The Morgan fingerprint density at radius 2 is 2.32 bits per heavy atom. The van der Waals surface area contributed by atoms with Gasteiger partial charge in [-0.25, -0.2) is 4.98 Å². The molecule has 2 rings (SSSR count). The maximum Gasteiger partial charge on any atom is 0.275 e. The molecule has 1 atom stereocenters. The highest BCUT2D eigenvalue weighted by Gasteiger charge is 2.12. The van der Waals surface area contributed by atoms with E-state index in [-0.39, 0.29) is 11.6 Å². The summed E-state index contributed by atoms with van der Waals surface area (Å²) in [6, 6.07) is 1.82. The Morgan fingerprint density at radius 1 is 1.58 bits per heavy atom. The molecule has 0 radical (unpaired) electrons. The van der Waals surface area contributed by atoms with Gasteiger partial charge in [-0.1, -0.05) is 11.3 Å². The molecule has 0 N–H and O–H groups in total. The van der Waals surface area contributed by atoms with E-state index in [2.05, 4.69) is 21.9 Å². The van der Waals surface area contributed by atoms with Crippen molar-refractivity contribution < 1.29 is 4.74 Å². The summed E-state index contributed by atoms with van der Waals surface area (Å²) < 4.78 is 6.47. The van der Waals surface area contributed by atoms with Crippen molar-refractivity contribution in [3.63, 3.8) is 0 Å². The van der Waals surface area contributed by atoms with Crippen molar-refractivity contribution >= 4 is 16.3 Å². The number of aromatic nitrogens is 3. The van der Waals surface area contributed by atoms with Gasteiger partial charge in [-0.2, -0.15) is 9.61 Å². The van der Waals surface area contributed by atoms with E-state index in [0.29, 0.717) is 18.1 Å². The monoisotopic (exact) mass is 282 g/mol. The van der Waals surface area contributed by atoms with Gasteiger partial charge in [-0.15, -0.1) is 0 Å². The van der Waals surface area contributed by atoms with Gasteiger partial charge in [-0.3, -0.25) is 9.69 Å². The van der Waals surface area contributed by atoms with E-state index in [1.807, 2.05) is 14.0 Å². The van der Waals surface area contributed by atoms with Crippen LogP contribution in [0.5, 0.6) is 0 Å². The zero-order valence-electron chi connectivity index (χ0n) is 11.6. The minimum atomic E-state index is -0.128. The summed E-state index contributed by atoms with van der Waals surface area (Å²) in [7, 11) is 3.67. The van der Waals surface area contributed by atoms with Crippen LogP contribution in [-0.4, -0.2) is 46.3 Å². The average Bonchev–Trinajstić information content (AvgIpc) is 2.70. The molecule has 2 heterocycles. The molecule has 0 fully saturated rings. The number of fused-ring (bicyclic) bond motifs is 1. The summed E-state index contributed by atoms with van der Waals surface area (Å²) in [6.45, 7) is 5.21. The van der Waals surface area contributed by atoms with Crippen LogP contribution >= 0.6 is 11.3 Å². The summed E-state index contributed by atoms with van der Waals surface area (Å²) in [4.78, 5) is 19.1. The highest BCUT2D eigenvalue weighted by molar-refractivity contribution is 7.16. The molecule has 104 valence electrons. The smallest absolute Gasteiger partial charge is 0.275 e. The van der Waals surface area contributed by atoms with Crippen LogP contribution in [0.4, 0.5) is 0 Å². The summed E-state index contributed by atoms with van der Waals surface area (Å²) in [5.41, 5.74) is 0.635. The predicted octanol–water partition coefficient (Wildman–Crippen LogP) is 0.926. The Morgan fingerprint density at radius 3 is 3.00 bits per heavy atom. The van der Waals surface area contributed by atoms with Crippen LogP contribution in [-0.2, 0) is 11.3 Å². The normalized spacial score (nSPS) is 13.3. The van der Waals surface area contributed by atoms with Crippen LogP contribution in [0.15, 0.2) is 10.9 Å². The van der Waals surface area contributed by atoms with E-state index in [0.717, 1.165) is 10.7 Å². The minimum absolute atomic E-state index is 0.128. The average molecular weight is 282 g/mol.